The van der Waals surface area contributed by atoms with Gasteiger partial charge in [0.15, 0.2) is 5.69 Å². The van der Waals surface area contributed by atoms with Crippen LogP contribution in [-0.4, -0.2) is 46.3 Å². The lowest BCUT2D eigenvalue weighted by Gasteiger charge is -2.23. The number of nitrogens with one attached hydrogen (secondary N) is 2. The van der Waals surface area contributed by atoms with E-state index < -0.39 is 0 Å². The molecule has 0 bridgehead atoms. The minimum atomic E-state index is -0.200. The maximum Gasteiger partial charge on any atom is 0.273 e. The topological polar surface area (TPSA) is 71.8 Å². The number of thioether (sulfide) groups is 1. The van der Waals surface area contributed by atoms with Crippen LogP contribution in [0.4, 0.5) is 4.39 Å². The Labute approximate surface area is 169 Å². The number of rotatable bonds is 7. The Bertz CT molecular complexity index is 751. The van der Waals surface area contributed by atoms with Crippen LogP contribution in [0, 0.1) is 12.7 Å². The summed E-state index contributed by atoms with van der Waals surface area (Å²) in [5.41, 5.74) is 1.89. The van der Waals surface area contributed by atoms with Crippen molar-refractivity contribution in [2.24, 2.45) is 0 Å². The van der Waals surface area contributed by atoms with E-state index in [0.717, 1.165) is 31.6 Å². The summed E-state index contributed by atoms with van der Waals surface area (Å²) in [6.07, 6.45) is 2.00. The Hall–Kier alpha value is -1.64. The first kappa shape index (κ1) is 21.7. The summed E-state index contributed by atoms with van der Waals surface area (Å²) in [5, 5.41) is 14.5. The molecular weight excluding hydrogens is 389 g/mol. The van der Waals surface area contributed by atoms with Crippen LogP contribution < -0.4 is 10.6 Å². The lowest BCUT2D eigenvalue weighted by molar-refractivity contribution is 0.0950. The molecule has 2 N–H and O–H groups in total. The lowest BCUT2D eigenvalue weighted by atomic mass is 10.1. The summed E-state index contributed by atoms with van der Waals surface area (Å²) in [6.45, 7) is 4.33. The van der Waals surface area contributed by atoms with Gasteiger partial charge in [0.05, 0.1) is 11.7 Å². The average molecular weight is 414 g/mol. The number of hydrogen-bond donors (Lipinski definition) is 2. The van der Waals surface area contributed by atoms with Gasteiger partial charge < -0.3 is 10.6 Å². The van der Waals surface area contributed by atoms with E-state index in [-0.39, 0.29) is 24.1 Å². The van der Waals surface area contributed by atoms with Crippen molar-refractivity contribution >= 4 is 30.1 Å². The average Bonchev–Trinajstić information content (AvgIpc) is 3.05. The quantitative estimate of drug-likeness (QED) is 0.683. The third-order valence-electron chi connectivity index (χ3n) is 4.54. The van der Waals surface area contributed by atoms with E-state index in [2.05, 4.69) is 20.9 Å². The summed E-state index contributed by atoms with van der Waals surface area (Å²) in [4.78, 5) is 12.3. The van der Waals surface area contributed by atoms with Gasteiger partial charge >= 0.3 is 0 Å². The van der Waals surface area contributed by atoms with E-state index in [0.29, 0.717) is 35.3 Å². The number of amides is 1. The monoisotopic (exact) mass is 413 g/mol. The van der Waals surface area contributed by atoms with Crippen molar-refractivity contribution in [3.8, 4) is 0 Å². The highest BCUT2D eigenvalue weighted by Crippen LogP contribution is 2.20. The molecule has 0 unspecified atom stereocenters. The molecule has 0 spiro atoms. The Morgan fingerprint density at radius 3 is 2.85 bits per heavy atom. The number of nitrogens with zero attached hydrogens (tertiary/aromatic N) is 3. The van der Waals surface area contributed by atoms with Crippen LogP contribution in [0.5, 0.6) is 0 Å². The molecule has 1 fully saturated rings. The van der Waals surface area contributed by atoms with Crippen LogP contribution in [0.3, 0.4) is 0 Å². The molecule has 9 heteroatoms. The molecule has 0 atom stereocenters. The molecule has 6 nitrogen and oxygen atoms in total. The van der Waals surface area contributed by atoms with E-state index >= 15 is 0 Å². The number of carbonyl (C=O) groups excluding carboxylic acids is 1. The van der Waals surface area contributed by atoms with Crippen LogP contribution in [0.15, 0.2) is 24.3 Å². The minimum absolute atomic E-state index is 0. The van der Waals surface area contributed by atoms with Gasteiger partial charge in [0.2, 0.25) is 0 Å². The summed E-state index contributed by atoms with van der Waals surface area (Å²) < 4.78 is 15.4. The maximum absolute atomic E-state index is 13.5. The fourth-order valence-corrected chi connectivity index (χ4v) is 3.91. The van der Waals surface area contributed by atoms with Gasteiger partial charge in [-0.3, -0.25) is 4.79 Å². The number of piperidine rings is 1. The summed E-state index contributed by atoms with van der Waals surface area (Å²) >= 11 is 1.59. The Morgan fingerprint density at radius 2 is 2.11 bits per heavy atom. The third kappa shape index (κ3) is 5.67. The first-order valence-corrected chi connectivity index (χ1v) is 10.0. The molecule has 1 aliphatic heterocycles. The fourth-order valence-electron chi connectivity index (χ4n) is 3.07. The van der Waals surface area contributed by atoms with Crippen LogP contribution in [0.25, 0.3) is 0 Å². The Balaban J connectivity index is 0.00000261. The van der Waals surface area contributed by atoms with Crippen LogP contribution in [0.1, 0.15) is 40.6 Å². The first-order valence-electron chi connectivity index (χ1n) is 8.88. The molecule has 1 amide bonds. The molecule has 148 valence electrons. The fraction of sp³-hybridized carbons (Fsp3) is 0.500. The summed E-state index contributed by atoms with van der Waals surface area (Å²) in [7, 11) is 0. The highest BCUT2D eigenvalue weighted by molar-refractivity contribution is 7.98. The van der Waals surface area contributed by atoms with Crippen LogP contribution in [-0.2, 0) is 5.75 Å². The van der Waals surface area contributed by atoms with Crippen molar-refractivity contribution < 1.29 is 9.18 Å². The minimum Gasteiger partial charge on any atom is -0.350 e. The van der Waals surface area contributed by atoms with Crippen molar-refractivity contribution in [2.75, 3.05) is 25.4 Å². The third-order valence-corrected chi connectivity index (χ3v) is 5.55. The molecule has 1 aromatic heterocycles. The molecule has 0 saturated carbocycles. The van der Waals surface area contributed by atoms with Gasteiger partial charge in [-0.2, -0.15) is 11.8 Å². The Morgan fingerprint density at radius 1 is 1.37 bits per heavy atom. The van der Waals surface area contributed by atoms with Gasteiger partial charge in [0.1, 0.15) is 5.82 Å². The molecular formula is C18H25ClFN5OS. The normalized spacial score (nSPS) is 14.6. The van der Waals surface area contributed by atoms with Gasteiger partial charge in [-0.05, 0) is 44.5 Å². The van der Waals surface area contributed by atoms with E-state index in [1.165, 1.54) is 6.07 Å². The van der Waals surface area contributed by atoms with Gasteiger partial charge in [0.25, 0.3) is 5.91 Å². The zero-order chi connectivity index (χ0) is 18.4. The number of carbonyl (C=O) groups is 1. The van der Waals surface area contributed by atoms with E-state index in [4.69, 9.17) is 0 Å². The number of aromatic nitrogens is 3. The van der Waals surface area contributed by atoms with Crippen molar-refractivity contribution in [1.29, 1.82) is 0 Å². The maximum atomic E-state index is 13.5. The molecule has 27 heavy (non-hydrogen) atoms. The Kier molecular flexibility index (Phi) is 8.53. The highest BCUT2D eigenvalue weighted by atomic mass is 35.5. The molecule has 1 saturated heterocycles. The summed E-state index contributed by atoms with van der Waals surface area (Å²) in [6, 6.07) is 7.06. The molecule has 0 aliphatic carbocycles. The van der Waals surface area contributed by atoms with E-state index in [1.807, 2.05) is 17.7 Å². The van der Waals surface area contributed by atoms with E-state index in [9.17, 15) is 9.18 Å². The molecule has 3 rings (SSSR count). The van der Waals surface area contributed by atoms with Crippen molar-refractivity contribution in [3.63, 3.8) is 0 Å². The van der Waals surface area contributed by atoms with Crippen LogP contribution in [0.2, 0.25) is 0 Å². The lowest BCUT2D eigenvalue weighted by Crippen LogP contribution is -2.30. The standard InChI is InChI=1S/C18H24FN5OS.ClH/c1-13-17(22-23-24(13)15-6-8-20-9-7-15)18(25)21-10-11-26-12-14-4-2-3-5-16(14)19;/h2-5,15,20H,6-12H2,1H3,(H,21,25);1H. The number of hydrogen-bond acceptors (Lipinski definition) is 5. The van der Waals surface area contributed by atoms with Gasteiger partial charge in [-0.15, -0.1) is 17.5 Å². The molecule has 1 aromatic carbocycles. The second kappa shape index (κ2) is 10.6. The van der Waals surface area contributed by atoms with Gasteiger partial charge in [-0.25, -0.2) is 9.07 Å². The second-order valence-electron chi connectivity index (χ2n) is 6.35. The largest absolute Gasteiger partial charge is 0.350 e. The first-order chi connectivity index (χ1) is 12.7. The predicted octanol–water partition coefficient (Wildman–Crippen LogP) is 2.74. The number of halogens is 2. The SMILES string of the molecule is Cc1c(C(=O)NCCSCc2ccccc2F)nnn1C1CCNCC1.Cl. The van der Waals surface area contributed by atoms with Gasteiger partial charge in [0, 0.05) is 18.1 Å². The molecule has 2 aromatic rings. The zero-order valence-corrected chi connectivity index (χ0v) is 16.9. The van der Waals surface area contributed by atoms with Gasteiger partial charge in [-0.1, -0.05) is 23.4 Å². The number of benzene rings is 1. The van der Waals surface area contributed by atoms with Crippen LogP contribution >= 0.6 is 24.2 Å². The van der Waals surface area contributed by atoms with Crippen molar-refractivity contribution in [2.45, 2.75) is 31.6 Å². The molecule has 2 heterocycles. The van der Waals surface area contributed by atoms with E-state index in [1.54, 1.807) is 23.9 Å². The molecule has 1 aliphatic rings. The second-order valence-corrected chi connectivity index (χ2v) is 7.45. The highest BCUT2D eigenvalue weighted by Gasteiger charge is 2.22. The van der Waals surface area contributed by atoms with Crippen molar-refractivity contribution in [3.05, 3.63) is 47.0 Å². The smallest absolute Gasteiger partial charge is 0.273 e. The molecule has 0 radical (unpaired) electrons. The van der Waals surface area contributed by atoms with Crippen molar-refractivity contribution in [1.82, 2.24) is 25.6 Å². The zero-order valence-electron chi connectivity index (χ0n) is 15.3. The summed E-state index contributed by atoms with van der Waals surface area (Å²) in [5.74, 6) is 0.915. The predicted molar refractivity (Wildman–Crippen MR) is 108 cm³/mol.